The number of aromatic nitrogens is 4. The zero-order valence-corrected chi connectivity index (χ0v) is 16.8. The SMILES string of the molecule is c1cnc2c(c1)ccc1cc3c(nc12)-c1nc2c(ccc4cccnc42)cc1CCC3. The van der Waals surface area contributed by atoms with Crippen molar-refractivity contribution in [1.29, 1.82) is 0 Å². The van der Waals surface area contributed by atoms with E-state index >= 15 is 0 Å². The second-order valence-corrected chi connectivity index (χ2v) is 8.27. The van der Waals surface area contributed by atoms with Gasteiger partial charge in [-0.3, -0.25) is 9.97 Å². The normalized spacial score (nSPS) is 13.4. The first-order valence-electron chi connectivity index (χ1n) is 10.7. The predicted octanol–water partition coefficient (Wildman–Crippen LogP) is 6.04. The maximum atomic E-state index is 5.19. The summed E-state index contributed by atoms with van der Waals surface area (Å²) >= 11 is 0. The molecule has 0 unspecified atom stereocenters. The predicted molar refractivity (Wildman–Crippen MR) is 125 cm³/mol. The van der Waals surface area contributed by atoms with Crippen LogP contribution < -0.4 is 0 Å². The number of aryl methyl sites for hydroxylation is 2. The zero-order valence-electron chi connectivity index (χ0n) is 16.8. The van der Waals surface area contributed by atoms with Crippen LogP contribution in [0.5, 0.6) is 0 Å². The molecule has 0 saturated carbocycles. The van der Waals surface area contributed by atoms with Crippen molar-refractivity contribution in [3.63, 3.8) is 0 Å². The minimum Gasteiger partial charge on any atom is -0.254 e. The van der Waals surface area contributed by atoms with E-state index in [2.05, 4.69) is 58.5 Å². The minimum absolute atomic E-state index is 0.946. The van der Waals surface area contributed by atoms with E-state index in [1.165, 1.54) is 11.1 Å². The lowest BCUT2D eigenvalue weighted by Crippen LogP contribution is -1.98. The van der Waals surface area contributed by atoms with Gasteiger partial charge >= 0.3 is 0 Å². The first-order chi connectivity index (χ1) is 15.3. The van der Waals surface area contributed by atoms with E-state index in [4.69, 9.17) is 9.97 Å². The second kappa shape index (κ2) is 6.29. The summed E-state index contributed by atoms with van der Waals surface area (Å²) in [4.78, 5) is 19.6. The van der Waals surface area contributed by atoms with Crippen molar-refractivity contribution in [2.24, 2.45) is 0 Å². The number of hydrogen-bond donors (Lipinski definition) is 0. The lowest BCUT2D eigenvalue weighted by atomic mass is 10.0. The fourth-order valence-corrected chi connectivity index (χ4v) is 4.90. The molecule has 6 aromatic rings. The Morgan fingerprint density at radius 1 is 0.516 bits per heavy atom. The van der Waals surface area contributed by atoms with Crippen LogP contribution in [0.3, 0.4) is 0 Å². The van der Waals surface area contributed by atoms with Crippen LogP contribution in [0.4, 0.5) is 0 Å². The average molecular weight is 398 g/mol. The van der Waals surface area contributed by atoms with Crippen LogP contribution in [0, 0.1) is 0 Å². The van der Waals surface area contributed by atoms with Gasteiger partial charge in [-0.15, -0.1) is 0 Å². The summed E-state index contributed by atoms with van der Waals surface area (Å²) < 4.78 is 0. The molecule has 4 nitrogen and oxygen atoms in total. The van der Waals surface area contributed by atoms with Crippen LogP contribution in [-0.2, 0) is 12.8 Å². The van der Waals surface area contributed by atoms with Crippen molar-refractivity contribution >= 4 is 43.6 Å². The smallest absolute Gasteiger partial charge is 0.0972 e. The molecule has 1 aliphatic rings. The molecule has 0 bridgehead atoms. The summed E-state index contributed by atoms with van der Waals surface area (Å²) in [5, 5.41) is 4.50. The molecule has 4 heteroatoms. The van der Waals surface area contributed by atoms with E-state index in [0.717, 1.165) is 74.3 Å². The van der Waals surface area contributed by atoms with Gasteiger partial charge in [-0.2, -0.15) is 0 Å². The molecule has 7 rings (SSSR count). The molecule has 31 heavy (non-hydrogen) atoms. The Kier molecular flexibility index (Phi) is 3.41. The Labute approximate surface area is 178 Å². The molecule has 2 aromatic carbocycles. The van der Waals surface area contributed by atoms with Gasteiger partial charge in [0.15, 0.2) is 0 Å². The van der Waals surface area contributed by atoms with Crippen LogP contribution in [-0.4, -0.2) is 19.9 Å². The van der Waals surface area contributed by atoms with Crippen LogP contribution in [0.15, 0.2) is 73.1 Å². The number of hydrogen-bond acceptors (Lipinski definition) is 4. The third-order valence-electron chi connectivity index (χ3n) is 6.39. The Hall–Kier alpha value is -3.92. The van der Waals surface area contributed by atoms with Crippen LogP contribution in [0.25, 0.3) is 55.0 Å². The Bertz CT molecular complexity index is 1540. The third-order valence-corrected chi connectivity index (χ3v) is 6.39. The van der Waals surface area contributed by atoms with Crippen LogP contribution in [0.1, 0.15) is 17.5 Å². The highest BCUT2D eigenvalue weighted by molar-refractivity contribution is 6.05. The van der Waals surface area contributed by atoms with Crippen LogP contribution >= 0.6 is 0 Å². The monoisotopic (exact) mass is 398 g/mol. The van der Waals surface area contributed by atoms with Crippen molar-refractivity contribution in [2.75, 3.05) is 0 Å². The number of rotatable bonds is 0. The fourth-order valence-electron chi connectivity index (χ4n) is 4.90. The highest BCUT2D eigenvalue weighted by atomic mass is 14.8. The average Bonchev–Trinajstić information content (AvgIpc) is 3.00. The van der Waals surface area contributed by atoms with Gasteiger partial charge in [-0.1, -0.05) is 36.4 Å². The molecule has 0 N–H and O–H groups in total. The van der Waals surface area contributed by atoms with Crippen molar-refractivity contribution in [3.05, 3.63) is 84.2 Å². The number of pyridine rings is 4. The third kappa shape index (κ3) is 2.48. The summed E-state index contributed by atoms with van der Waals surface area (Å²) in [6, 6.07) is 21.3. The van der Waals surface area contributed by atoms with Crippen molar-refractivity contribution in [1.82, 2.24) is 19.9 Å². The van der Waals surface area contributed by atoms with Crippen molar-refractivity contribution < 1.29 is 0 Å². The van der Waals surface area contributed by atoms with Gasteiger partial charge in [0.2, 0.25) is 0 Å². The summed E-state index contributed by atoms with van der Waals surface area (Å²) in [7, 11) is 0. The highest BCUT2D eigenvalue weighted by Crippen LogP contribution is 2.36. The number of benzene rings is 2. The Balaban J connectivity index is 1.59. The topological polar surface area (TPSA) is 51.6 Å². The quantitative estimate of drug-likeness (QED) is 0.293. The molecular formula is C27H18N4. The van der Waals surface area contributed by atoms with Gasteiger partial charge in [0, 0.05) is 33.9 Å². The molecule has 0 aliphatic heterocycles. The second-order valence-electron chi connectivity index (χ2n) is 8.27. The Morgan fingerprint density at radius 2 is 1.00 bits per heavy atom. The lowest BCUT2D eigenvalue weighted by Gasteiger charge is -2.12. The van der Waals surface area contributed by atoms with Gasteiger partial charge in [0.25, 0.3) is 0 Å². The zero-order chi connectivity index (χ0) is 20.4. The first kappa shape index (κ1) is 16.8. The van der Waals surface area contributed by atoms with Crippen molar-refractivity contribution in [3.8, 4) is 11.4 Å². The molecule has 4 aromatic heterocycles. The summed E-state index contributed by atoms with van der Waals surface area (Å²) in [6.45, 7) is 0. The maximum absolute atomic E-state index is 5.19. The molecule has 146 valence electrons. The van der Waals surface area contributed by atoms with E-state index in [1.54, 1.807) is 0 Å². The summed E-state index contributed by atoms with van der Waals surface area (Å²) in [5.41, 5.74) is 8.30. The highest BCUT2D eigenvalue weighted by Gasteiger charge is 2.20. The Morgan fingerprint density at radius 3 is 1.52 bits per heavy atom. The van der Waals surface area contributed by atoms with Gasteiger partial charge < -0.3 is 0 Å². The first-order valence-corrected chi connectivity index (χ1v) is 10.7. The van der Waals surface area contributed by atoms with E-state index in [9.17, 15) is 0 Å². The number of nitrogens with zero attached hydrogens (tertiary/aromatic N) is 4. The standard InChI is InChI=1S/C27H18N4/c1-4-18-14-20-10-8-16-6-2-12-28-22(16)24(20)30-26(18)27-19(5-1)15-21-11-9-17-7-3-13-29-23(17)25(21)31-27/h2-3,6-15H,1,4-5H2. The molecule has 0 radical (unpaired) electrons. The molecule has 0 spiro atoms. The molecule has 4 heterocycles. The van der Waals surface area contributed by atoms with Crippen molar-refractivity contribution in [2.45, 2.75) is 19.3 Å². The van der Waals surface area contributed by atoms with Gasteiger partial charge in [0.05, 0.1) is 33.5 Å². The fraction of sp³-hybridized carbons (Fsp3) is 0.111. The van der Waals surface area contributed by atoms with Crippen LogP contribution in [0.2, 0.25) is 0 Å². The van der Waals surface area contributed by atoms with E-state index in [1.807, 2.05) is 24.5 Å². The lowest BCUT2D eigenvalue weighted by molar-refractivity contribution is 0.834. The molecular weight excluding hydrogens is 380 g/mol. The summed E-state index contributed by atoms with van der Waals surface area (Å²) in [6.07, 6.45) is 6.78. The van der Waals surface area contributed by atoms with Gasteiger partial charge in [0.1, 0.15) is 0 Å². The van der Waals surface area contributed by atoms with Gasteiger partial charge in [-0.25, -0.2) is 9.97 Å². The van der Waals surface area contributed by atoms with E-state index in [-0.39, 0.29) is 0 Å². The molecule has 1 aliphatic carbocycles. The van der Waals surface area contributed by atoms with Gasteiger partial charge in [-0.05, 0) is 54.7 Å². The summed E-state index contributed by atoms with van der Waals surface area (Å²) in [5.74, 6) is 0. The van der Waals surface area contributed by atoms with E-state index in [0.29, 0.717) is 0 Å². The molecule has 0 amide bonds. The molecule has 0 saturated heterocycles. The molecule has 0 fully saturated rings. The largest absolute Gasteiger partial charge is 0.254 e. The molecule has 0 atom stereocenters. The van der Waals surface area contributed by atoms with E-state index < -0.39 is 0 Å². The number of fused-ring (bicyclic) bond motifs is 9. The minimum atomic E-state index is 0.946. The maximum Gasteiger partial charge on any atom is 0.0972 e.